The molecule has 5 rings (SSSR count). The fourth-order valence-corrected chi connectivity index (χ4v) is 4.92. The predicted octanol–water partition coefficient (Wildman–Crippen LogP) is 2.73. The Bertz CT molecular complexity index is 1030. The van der Waals surface area contributed by atoms with Gasteiger partial charge in [-0.2, -0.15) is 4.99 Å². The van der Waals surface area contributed by atoms with Crippen molar-refractivity contribution in [1.82, 2.24) is 15.0 Å². The first-order valence-corrected chi connectivity index (χ1v) is 10.7. The molecule has 0 bridgehead atoms. The largest absolute Gasteiger partial charge is 0.345 e. The molecule has 0 aromatic carbocycles. The standard InChI is InChI=1S/C19H16IN5/c1-2-12(9-21-7-1)13-8-15-16(11-23-18(15)22-10-13)17-5-6-20-19(25-17)24-14-3-4-14/h1-2,5-11,14H,3-4H2,(H,22,23)(H,24,25)/p+1. The van der Waals surface area contributed by atoms with E-state index in [-0.39, 0.29) is 20.7 Å². The summed E-state index contributed by atoms with van der Waals surface area (Å²) in [5, 5.41) is 3.49. The van der Waals surface area contributed by atoms with Crippen LogP contribution in [0.3, 0.4) is 0 Å². The maximum atomic E-state index is 4.94. The van der Waals surface area contributed by atoms with Crippen LogP contribution in [0.1, 0.15) is 18.4 Å². The molecule has 5 nitrogen and oxygen atoms in total. The van der Waals surface area contributed by atoms with Gasteiger partial charge in [-0.05, 0) is 22.3 Å². The van der Waals surface area contributed by atoms with Crippen LogP contribution in [0.5, 0.6) is 0 Å². The molecule has 3 N–H and O–H groups in total. The summed E-state index contributed by atoms with van der Waals surface area (Å²) in [5.41, 5.74) is 5.20. The second-order valence-electron chi connectivity index (χ2n) is 6.29. The molecule has 124 valence electrons. The van der Waals surface area contributed by atoms with E-state index in [2.05, 4.69) is 42.6 Å². The molecule has 0 saturated heterocycles. The quantitative estimate of drug-likeness (QED) is 0.611. The maximum Gasteiger partial charge on any atom is 0.255 e. The van der Waals surface area contributed by atoms with Crippen LogP contribution in [-0.4, -0.2) is 30.5 Å². The summed E-state index contributed by atoms with van der Waals surface area (Å²) in [7, 11) is 0. The molecule has 0 unspecified atom stereocenters. The molecule has 2 aliphatic rings. The number of halogens is 1. The molecule has 6 heteroatoms. The first-order valence-electron chi connectivity index (χ1n) is 8.35. The Morgan fingerprint density at radius 2 is 2.16 bits per heavy atom. The molecule has 0 amide bonds. The highest BCUT2D eigenvalue weighted by Gasteiger charge is 2.27. The number of allylic oxidation sites excluding steroid dienone is 1. The minimum absolute atomic E-state index is 0.0775. The Kier molecular flexibility index (Phi) is 3.79. The van der Waals surface area contributed by atoms with Crippen molar-refractivity contribution in [3.8, 4) is 11.1 Å². The number of aromatic amines is 1. The van der Waals surface area contributed by atoms with Crippen LogP contribution in [0.25, 0.3) is 22.2 Å². The van der Waals surface area contributed by atoms with Gasteiger partial charge < -0.3 is 4.98 Å². The number of hydrogen-bond donors (Lipinski definition) is 2. The van der Waals surface area contributed by atoms with Gasteiger partial charge in [0.15, 0.2) is 0 Å². The lowest BCUT2D eigenvalue weighted by Gasteiger charge is -2.06. The molecule has 0 atom stereocenters. The van der Waals surface area contributed by atoms with E-state index in [9.17, 15) is 0 Å². The van der Waals surface area contributed by atoms with Crippen molar-refractivity contribution in [2.75, 3.05) is 0 Å². The maximum absolute atomic E-state index is 4.94. The number of fused-ring (bicyclic) bond motifs is 1. The molecule has 4 heterocycles. The number of aromatic nitrogens is 3. The van der Waals surface area contributed by atoms with E-state index in [1.807, 2.05) is 24.7 Å². The van der Waals surface area contributed by atoms with Crippen molar-refractivity contribution in [3.63, 3.8) is 0 Å². The van der Waals surface area contributed by atoms with E-state index in [0.29, 0.717) is 0 Å². The Morgan fingerprint density at radius 1 is 1.20 bits per heavy atom. The van der Waals surface area contributed by atoms with Gasteiger partial charge in [0.1, 0.15) is 5.65 Å². The third-order valence-electron chi connectivity index (χ3n) is 4.42. The molecule has 1 aliphatic carbocycles. The second kappa shape index (κ2) is 6.27. The van der Waals surface area contributed by atoms with E-state index in [1.54, 1.807) is 6.20 Å². The molecule has 1 fully saturated rings. The molecule has 3 aromatic rings. The summed E-state index contributed by atoms with van der Waals surface area (Å²) in [6, 6.07) is 6.95. The fraction of sp³-hybridized carbons (Fsp3) is 0.158. The van der Waals surface area contributed by atoms with E-state index < -0.39 is 0 Å². The highest BCUT2D eigenvalue weighted by molar-refractivity contribution is 14.2. The Morgan fingerprint density at radius 3 is 3.00 bits per heavy atom. The van der Waals surface area contributed by atoms with E-state index >= 15 is 0 Å². The predicted molar refractivity (Wildman–Crippen MR) is 109 cm³/mol. The highest BCUT2D eigenvalue weighted by atomic mass is 127. The summed E-state index contributed by atoms with van der Waals surface area (Å²) in [4.78, 5) is 17.0. The summed E-state index contributed by atoms with van der Waals surface area (Å²) in [6.45, 7) is 0. The van der Waals surface area contributed by atoms with Gasteiger partial charge in [0.05, 0.1) is 11.8 Å². The summed E-state index contributed by atoms with van der Waals surface area (Å²) < 4.78 is 3.61. The average molecular weight is 442 g/mol. The van der Waals surface area contributed by atoms with E-state index in [1.165, 1.54) is 16.6 Å². The Balaban J connectivity index is 1.56. The summed E-state index contributed by atoms with van der Waals surface area (Å²) in [5.74, 6) is 0. The lowest BCUT2D eigenvalue weighted by atomic mass is 10.1. The smallest absolute Gasteiger partial charge is 0.255 e. The number of nitrogens with zero attached hydrogens (tertiary/aromatic N) is 3. The lowest BCUT2D eigenvalue weighted by Crippen LogP contribution is -2.88. The van der Waals surface area contributed by atoms with Gasteiger partial charge in [0.2, 0.25) is 0 Å². The number of nitrogens with one attached hydrogen (secondary N) is 1. The fourth-order valence-electron chi connectivity index (χ4n) is 2.92. The van der Waals surface area contributed by atoms with Gasteiger partial charge in [-0.15, -0.1) is 0 Å². The molecular formula is C19H17IN5+. The number of rotatable bonds is 4. The number of hydrogen-bond acceptors (Lipinski definition) is 3. The Hall–Kier alpha value is -2.19. The average Bonchev–Trinajstić information content (AvgIpc) is 3.38. The molecule has 3 aromatic heterocycles. The van der Waals surface area contributed by atoms with Gasteiger partial charge in [-0.3, -0.25) is 10.3 Å². The lowest BCUT2D eigenvalue weighted by molar-refractivity contribution is -0.551. The molecule has 1 aliphatic heterocycles. The topological polar surface area (TPSA) is 70.5 Å². The van der Waals surface area contributed by atoms with Crippen molar-refractivity contribution in [2.45, 2.75) is 18.9 Å². The van der Waals surface area contributed by atoms with Crippen molar-refractivity contribution in [2.24, 2.45) is 4.99 Å². The van der Waals surface area contributed by atoms with E-state index in [4.69, 9.17) is 4.99 Å². The molecule has 25 heavy (non-hydrogen) atoms. The van der Waals surface area contributed by atoms with Crippen molar-refractivity contribution >= 4 is 41.2 Å². The number of nitrogens with two attached hydrogens (primary N) is 1. The van der Waals surface area contributed by atoms with Crippen LogP contribution in [0.2, 0.25) is 0 Å². The normalized spacial score (nSPS) is 17.1. The molecular weight excluding hydrogens is 425 g/mol. The highest BCUT2D eigenvalue weighted by Crippen LogP contribution is 2.26. The van der Waals surface area contributed by atoms with Crippen LogP contribution in [-0.2, 0) is 0 Å². The van der Waals surface area contributed by atoms with Crippen LogP contribution < -0.4 is 5.32 Å². The Labute approximate surface area is 155 Å². The zero-order valence-electron chi connectivity index (χ0n) is 13.5. The van der Waals surface area contributed by atoms with Crippen LogP contribution in [0, 0.1) is 0 Å². The van der Waals surface area contributed by atoms with Crippen molar-refractivity contribution in [1.29, 1.82) is 0 Å². The van der Waals surface area contributed by atoms with Gasteiger partial charge in [0.25, 0.3) is 3.76 Å². The van der Waals surface area contributed by atoms with Gasteiger partial charge in [-0.25, -0.2) is 4.98 Å². The van der Waals surface area contributed by atoms with Gasteiger partial charge in [0, 0.05) is 80.4 Å². The minimum atomic E-state index is -0.0775. The SMILES string of the molecule is C1=CC(c2c[nH]c3ncc(-c4cccnc4)cc23)=NC([NH2+]C2CC2)=I1. The zero-order valence-corrected chi connectivity index (χ0v) is 15.6. The van der Waals surface area contributed by atoms with Crippen molar-refractivity contribution in [3.05, 3.63) is 58.7 Å². The number of pyridine rings is 2. The molecule has 1 saturated carbocycles. The van der Waals surface area contributed by atoms with Crippen molar-refractivity contribution < 1.29 is 5.32 Å². The van der Waals surface area contributed by atoms with E-state index in [0.717, 1.165) is 39.5 Å². The van der Waals surface area contributed by atoms with Crippen LogP contribution in [0.4, 0.5) is 0 Å². The number of H-pyrrole nitrogens is 1. The molecule has 0 radical (unpaired) electrons. The minimum Gasteiger partial charge on any atom is -0.345 e. The van der Waals surface area contributed by atoms with Gasteiger partial charge in [-0.1, -0.05) is 6.07 Å². The van der Waals surface area contributed by atoms with Crippen LogP contribution >= 0.6 is 20.7 Å². The second-order valence-corrected chi connectivity index (χ2v) is 8.74. The third-order valence-corrected chi connectivity index (χ3v) is 6.38. The number of aliphatic imine (C=N–C) groups is 1. The third kappa shape index (κ3) is 3.07. The molecule has 0 spiro atoms. The summed E-state index contributed by atoms with van der Waals surface area (Å²) >= 11 is -0.0775. The first kappa shape index (κ1) is 15.1. The first-order chi connectivity index (χ1) is 12.4. The van der Waals surface area contributed by atoms with Crippen LogP contribution in [0.15, 0.2) is 58.1 Å². The monoisotopic (exact) mass is 442 g/mol. The van der Waals surface area contributed by atoms with Gasteiger partial charge >= 0.3 is 0 Å². The number of quaternary nitrogens is 1. The summed E-state index contributed by atoms with van der Waals surface area (Å²) in [6.07, 6.45) is 12.4. The zero-order chi connectivity index (χ0) is 16.6.